The molecule has 2 aromatic carbocycles. The summed E-state index contributed by atoms with van der Waals surface area (Å²) in [6.07, 6.45) is 0.388. The van der Waals surface area contributed by atoms with Gasteiger partial charge in [-0.05, 0) is 11.1 Å². The molecule has 0 radical (unpaired) electrons. The predicted octanol–water partition coefficient (Wildman–Crippen LogP) is 3.33. The fourth-order valence-electron chi connectivity index (χ4n) is 1.83. The molecular formula is C16H16ClNO. The molecule has 0 aliphatic heterocycles. The molecule has 0 fully saturated rings. The molecule has 19 heavy (non-hydrogen) atoms. The van der Waals surface area contributed by atoms with Gasteiger partial charge in [-0.25, -0.2) is 0 Å². The first-order valence-corrected chi connectivity index (χ1v) is 6.69. The van der Waals surface area contributed by atoms with E-state index in [1.165, 1.54) is 0 Å². The molecule has 98 valence electrons. The van der Waals surface area contributed by atoms with Crippen molar-refractivity contribution in [2.45, 2.75) is 11.8 Å². The average molecular weight is 274 g/mol. The summed E-state index contributed by atoms with van der Waals surface area (Å²) in [7, 11) is 0. The van der Waals surface area contributed by atoms with E-state index in [9.17, 15) is 4.79 Å². The minimum atomic E-state index is -0.194. The Bertz CT molecular complexity index is 513. The van der Waals surface area contributed by atoms with E-state index in [1.54, 1.807) is 0 Å². The lowest BCUT2D eigenvalue weighted by Crippen LogP contribution is -2.28. The lowest BCUT2D eigenvalue weighted by atomic mass is 10.1. The van der Waals surface area contributed by atoms with Crippen LogP contribution in [0.15, 0.2) is 60.7 Å². The van der Waals surface area contributed by atoms with Gasteiger partial charge in [0.1, 0.15) is 0 Å². The van der Waals surface area contributed by atoms with Crippen LogP contribution in [-0.4, -0.2) is 12.5 Å². The molecule has 1 atom stereocenters. The Morgan fingerprint density at radius 3 is 2.21 bits per heavy atom. The Hall–Kier alpha value is -1.80. The second-order valence-electron chi connectivity index (χ2n) is 4.34. The van der Waals surface area contributed by atoms with Gasteiger partial charge in [0.2, 0.25) is 5.91 Å². The number of halogens is 1. The number of alkyl halides is 1. The number of amides is 1. The number of hydrogen-bond donors (Lipinski definition) is 1. The molecule has 1 unspecified atom stereocenters. The number of carbonyl (C=O) groups is 1. The molecule has 0 aromatic heterocycles. The van der Waals surface area contributed by atoms with Crippen molar-refractivity contribution in [3.05, 3.63) is 71.8 Å². The third-order valence-corrected chi connectivity index (χ3v) is 3.25. The van der Waals surface area contributed by atoms with Gasteiger partial charge in [0.15, 0.2) is 0 Å². The first kappa shape index (κ1) is 13.6. The van der Waals surface area contributed by atoms with Crippen molar-refractivity contribution in [2.24, 2.45) is 0 Å². The summed E-state index contributed by atoms with van der Waals surface area (Å²) in [5.74, 6) is -0.00668. The van der Waals surface area contributed by atoms with E-state index in [2.05, 4.69) is 5.32 Å². The summed E-state index contributed by atoms with van der Waals surface area (Å²) in [6, 6.07) is 19.4. The maximum atomic E-state index is 11.8. The normalized spacial score (nSPS) is 11.8. The SMILES string of the molecule is O=C(Cc1ccccc1)NCC(Cl)c1ccccc1. The van der Waals surface area contributed by atoms with Gasteiger partial charge in [0.05, 0.1) is 11.8 Å². The van der Waals surface area contributed by atoms with Gasteiger partial charge < -0.3 is 5.32 Å². The Morgan fingerprint density at radius 1 is 1.00 bits per heavy atom. The molecule has 2 nitrogen and oxygen atoms in total. The number of benzene rings is 2. The van der Waals surface area contributed by atoms with E-state index in [0.29, 0.717) is 13.0 Å². The Morgan fingerprint density at radius 2 is 1.58 bits per heavy atom. The van der Waals surface area contributed by atoms with Crippen LogP contribution in [0.1, 0.15) is 16.5 Å². The van der Waals surface area contributed by atoms with Crippen LogP contribution in [0.5, 0.6) is 0 Å². The molecular weight excluding hydrogens is 258 g/mol. The second-order valence-corrected chi connectivity index (χ2v) is 4.87. The van der Waals surface area contributed by atoms with Crippen molar-refractivity contribution in [3.8, 4) is 0 Å². The van der Waals surface area contributed by atoms with Crippen LogP contribution in [0.4, 0.5) is 0 Å². The summed E-state index contributed by atoms with van der Waals surface area (Å²) < 4.78 is 0. The van der Waals surface area contributed by atoms with Gasteiger partial charge >= 0.3 is 0 Å². The molecule has 1 amide bonds. The van der Waals surface area contributed by atoms with Gasteiger partial charge in [-0.1, -0.05) is 60.7 Å². The zero-order chi connectivity index (χ0) is 13.5. The zero-order valence-electron chi connectivity index (χ0n) is 10.6. The summed E-state index contributed by atoms with van der Waals surface area (Å²) in [5, 5.41) is 2.66. The number of carbonyl (C=O) groups excluding carboxylic acids is 1. The van der Waals surface area contributed by atoms with E-state index in [0.717, 1.165) is 11.1 Å². The van der Waals surface area contributed by atoms with Crippen LogP contribution in [-0.2, 0) is 11.2 Å². The van der Waals surface area contributed by atoms with Gasteiger partial charge in [-0.2, -0.15) is 0 Å². The molecule has 0 spiro atoms. The van der Waals surface area contributed by atoms with Gasteiger partial charge in [-0.15, -0.1) is 11.6 Å². The maximum absolute atomic E-state index is 11.8. The molecule has 1 N–H and O–H groups in total. The van der Waals surface area contributed by atoms with Gasteiger partial charge in [0, 0.05) is 6.54 Å². The molecule has 0 aliphatic carbocycles. The third kappa shape index (κ3) is 4.42. The van der Waals surface area contributed by atoms with Crippen molar-refractivity contribution >= 4 is 17.5 Å². The smallest absolute Gasteiger partial charge is 0.224 e. The van der Waals surface area contributed by atoms with E-state index in [-0.39, 0.29) is 11.3 Å². The van der Waals surface area contributed by atoms with Crippen LogP contribution in [0, 0.1) is 0 Å². The van der Waals surface area contributed by atoms with Crippen LogP contribution < -0.4 is 5.32 Å². The van der Waals surface area contributed by atoms with E-state index in [1.807, 2.05) is 60.7 Å². The maximum Gasteiger partial charge on any atom is 0.224 e. The van der Waals surface area contributed by atoms with E-state index < -0.39 is 0 Å². The van der Waals surface area contributed by atoms with Crippen LogP contribution >= 0.6 is 11.6 Å². The van der Waals surface area contributed by atoms with Crippen LogP contribution in [0.2, 0.25) is 0 Å². The molecule has 0 heterocycles. The minimum Gasteiger partial charge on any atom is -0.354 e. The Kier molecular flexibility index (Phi) is 4.99. The Balaban J connectivity index is 1.81. The predicted molar refractivity (Wildman–Crippen MR) is 78.2 cm³/mol. The summed E-state index contributed by atoms with van der Waals surface area (Å²) in [6.45, 7) is 0.442. The van der Waals surface area contributed by atoms with Crippen molar-refractivity contribution in [1.82, 2.24) is 5.32 Å². The first-order chi connectivity index (χ1) is 9.25. The van der Waals surface area contributed by atoms with E-state index >= 15 is 0 Å². The van der Waals surface area contributed by atoms with Crippen LogP contribution in [0.3, 0.4) is 0 Å². The van der Waals surface area contributed by atoms with E-state index in [4.69, 9.17) is 11.6 Å². The zero-order valence-corrected chi connectivity index (χ0v) is 11.3. The first-order valence-electron chi connectivity index (χ1n) is 6.25. The molecule has 0 bridgehead atoms. The summed E-state index contributed by atoms with van der Waals surface area (Å²) >= 11 is 6.24. The molecule has 3 heteroatoms. The topological polar surface area (TPSA) is 29.1 Å². The average Bonchev–Trinajstić information content (AvgIpc) is 2.47. The second kappa shape index (κ2) is 6.95. The third-order valence-electron chi connectivity index (χ3n) is 2.85. The quantitative estimate of drug-likeness (QED) is 0.832. The van der Waals surface area contributed by atoms with Crippen LogP contribution in [0.25, 0.3) is 0 Å². The molecule has 2 rings (SSSR count). The lowest BCUT2D eigenvalue weighted by molar-refractivity contribution is -0.120. The standard InChI is InChI=1S/C16H16ClNO/c17-15(14-9-5-2-6-10-14)12-18-16(19)11-13-7-3-1-4-8-13/h1-10,15H,11-12H2,(H,18,19). The monoisotopic (exact) mass is 273 g/mol. The molecule has 0 aliphatic rings. The molecule has 2 aromatic rings. The van der Waals surface area contributed by atoms with Crippen molar-refractivity contribution < 1.29 is 4.79 Å². The highest BCUT2D eigenvalue weighted by molar-refractivity contribution is 6.21. The van der Waals surface area contributed by atoms with Gasteiger partial charge in [0.25, 0.3) is 0 Å². The van der Waals surface area contributed by atoms with Crippen molar-refractivity contribution in [3.63, 3.8) is 0 Å². The molecule has 0 saturated heterocycles. The summed E-state index contributed by atoms with van der Waals surface area (Å²) in [5.41, 5.74) is 2.02. The van der Waals surface area contributed by atoms with Crippen molar-refractivity contribution in [1.29, 1.82) is 0 Å². The number of rotatable bonds is 5. The Labute approximate surface area is 118 Å². The highest BCUT2D eigenvalue weighted by Crippen LogP contribution is 2.18. The summed E-state index contributed by atoms with van der Waals surface area (Å²) in [4.78, 5) is 11.8. The number of hydrogen-bond acceptors (Lipinski definition) is 1. The lowest BCUT2D eigenvalue weighted by Gasteiger charge is -2.11. The highest BCUT2D eigenvalue weighted by atomic mass is 35.5. The fourth-order valence-corrected chi connectivity index (χ4v) is 2.05. The minimum absolute atomic E-state index is 0.00668. The highest BCUT2D eigenvalue weighted by Gasteiger charge is 2.09. The van der Waals surface area contributed by atoms with Crippen molar-refractivity contribution in [2.75, 3.05) is 6.54 Å². The fraction of sp³-hybridized carbons (Fsp3) is 0.188. The molecule has 0 saturated carbocycles. The number of nitrogens with one attached hydrogen (secondary N) is 1. The largest absolute Gasteiger partial charge is 0.354 e. The van der Waals surface area contributed by atoms with Gasteiger partial charge in [-0.3, -0.25) is 4.79 Å².